The summed E-state index contributed by atoms with van der Waals surface area (Å²) in [7, 11) is 2.24. The molecule has 3 aromatic carbocycles. The van der Waals surface area contributed by atoms with E-state index in [1.807, 2.05) is 12.1 Å². The van der Waals surface area contributed by atoms with Crippen LogP contribution < -0.4 is 5.32 Å². The zero-order valence-corrected chi connectivity index (χ0v) is 18.7. The molecular formula is C27H29ClN2O. The number of fused-ring (bicyclic) bond motifs is 5. The number of phenols is 1. The molecule has 2 unspecified atom stereocenters. The lowest BCUT2D eigenvalue weighted by molar-refractivity contribution is 0.213. The normalized spacial score (nSPS) is 20.5. The Hall–Kier alpha value is -2.33. The molecule has 2 aliphatic rings. The zero-order valence-electron chi connectivity index (χ0n) is 17.9. The van der Waals surface area contributed by atoms with E-state index in [9.17, 15) is 5.11 Å². The number of hydrogen-bond acceptors (Lipinski definition) is 3. The third kappa shape index (κ3) is 3.98. The lowest BCUT2D eigenvalue weighted by Gasteiger charge is -2.39. The van der Waals surface area contributed by atoms with Crippen molar-refractivity contribution >= 4 is 11.6 Å². The standard InChI is InChI=1S/C27H29ClN2O/c1-30-13-12-19-14-24(28)26(31)15-23(19)27-22-9-5-8-20(21(22)10-11-25(27)30)17-29-16-18-6-3-2-4-7-18/h2-9,14-15,25,27,29,31H,10-13,16-17H2,1H3. The second-order valence-electron chi connectivity index (χ2n) is 8.89. The number of aromatic hydroxyl groups is 1. The van der Waals surface area contributed by atoms with Crippen LogP contribution in [0.4, 0.5) is 0 Å². The number of benzene rings is 3. The molecule has 0 fully saturated rings. The molecule has 0 aromatic heterocycles. The quantitative estimate of drug-likeness (QED) is 0.589. The van der Waals surface area contributed by atoms with Crippen LogP contribution in [-0.4, -0.2) is 29.6 Å². The number of nitrogens with one attached hydrogen (secondary N) is 1. The van der Waals surface area contributed by atoms with Crippen LogP contribution in [0, 0.1) is 0 Å². The van der Waals surface area contributed by atoms with Crippen molar-refractivity contribution in [2.45, 2.75) is 44.3 Å². The average Bonchev–Trinajstić information content (AvgIpc) is 2.92. The Morgan fingerprint density at radius 1 is 1.00 bits per heavy atom. The van der Waals surface area contributed by atoms with E-state index in [-0.39, 0.29) is 11.7 Å². The minimum atomic E-state index is 0.191. The Labute approximate surface area is 189 Å². The van der Waals surface area contributed by atoms with Crippen molar-refractivity contribution in [1.82, 2.24) is 10.2 Å². The molecule has 4 heteroatoms. The first kappa shape index (κ1) is 20.6. The van der Waals surface area contributed by atoms with Crippen LogP contribution in [0.5, 0.6) is 5.75 Å². The third-order valence-corrected chi connectivity index (χ3v) is 7.35. The van der Waals surface area contributed by atoms with Crippen molar-refractivity contribution in [3.05, 3.63) is 99.1 Å². The first-order chi connectivity index (χ1) is 15.1. The summed E-state index contributed by atoms with van der Waals surface area (Å²) in [4.78, 5) is 2.50. The Balaban J connectivity index is 1.49. The van der Waals surface area contributed by atoms with E-state index in [1.165, 1.54) is 33.4 Å². The Morgan fingerprint density at radius 2 is 1.84 bits per heavy atom. The molecule has 1 aliphatic carbocycles. The van der Waals surface area contributed by atoms with E-state index in [4.69, 9.17) is 11.6 Å². The zero-order chi connectivity index (χ0) is 21.4. The van der Waals surface area contributed by atoms with Gasteiger partial charge in [-0.1, -0.05) is 60.1 Å². The number of likely N-dealkylation sites (N-methyl/N-ethyl adjacent to an activating group) is 1. The molecule has 3 nitrogen and oxygen atoms in total. The van der Waals surface area contributed by atoms with Gasteiger partial charge in [0.05, 0.1) is 5.02 Å². The van der Waals surface area contributed by atoms with Crippen molar-refractivity contribution in [3.8, 4) is 5.75 Å². The minimum Gasteiger partial charge on any atom is -0.506 e. The number of hydrogen-bond donors (Lipinski definition) is 2. The Bertz CT molecular complexity index is 1080. The summed E-state index contributed by atoms with van der Waals surface area (Å²) in [5.74, 6) is 0.458. The maximum Gasteiger partial charge on any atom is 0.134 e. The van der Waals surface area contributed by atoms with Gasteiger partial charge in [0.25, 0.3) is 0 Å². The Kier molecular flexibility index (Phi) is 5.75. The van der Waals surface area contributed by atoms with E-state index in [1.54, 1.807) is 0 Å². The van der Waals surface area contributed by atoms with Crippen LogP contribution in [0.25, 0.3) is 0 Å². The molecule has 31 heavy (non-hydrogen) atoms. The van der Waals surface area contributed by atoms with Crippen molar-refractivity contribution in [2.75, 3.05) is 13.6 Å². The predicted molar refractivity (Wildman–Crippen MR) is 127 cm³/mol. The molecule has 0 radical (unpaired) electrons. The van der Waals surface area contributed by atoms with Gasteiger partial charge in [-0.25, -0.2) is 0 Å². The fourth-order valence-electron chi connectivity index (χ4n) is 5.46. The molecule has 1 heterocycles. The van der Waals surface area contributed by atoms with Gasteiger partial charge in [0.15, 0.2) is 0 Å². The average molecular weight is 433 g/mol. The summed E-state index contributed by atoms with van der Waals surface area (Å²) in [6.07, 6.45) is 3.19. The van der Waals surface area contributed by atoms with Crippen molar-refractivity contribution in [3.63, 3.8) is 0 Å². The van der Waals surface area contributed by atoms with Gasteiger partial charge < -0.3 is 15.3 Å². The highest BCUT2D eigenvalue weighted by Crippen LogP contribution is 2.45. The highest BCUT2D eigenvalue weighted by atomic mass is 35.5. The molecule has 5 rings (SSSR count). The first-order valence-corrected chi connectivity index (χ1v) is 11.6. The monoisotopic (exact) mass is 432 g/mol. The Morgan fingerprint density at radius 3 is 2.68 bits per heavy atom. The van der Waals surface area contributed by atoms with Gasteiger partial charge >= 0.3 is 0 Å². The van der Waals surface area contributed by atoms with Crippen molar-refractivity contribution < 1.29 is 5.11 Å². The van der Waals surface area contributed by atoms with E-state index >= 15 is 0 Å². The lowest BCUT2D eigenvalue weighted by Crippen LogP contribution is -2.40. The lowest BCUT2D eigenvalue weighted by atomic mass is 9.73. The third-order valence-electron chi connectivity index (χ3n) is 7.05. The predicted octanol–water partition coefficient (Wildman–Crippen LogP) is 5.27. The first-order valence-electron chi connectivity index (χ1n) is 11.2. The highest BCUT2D eigenvalue weighted by molar-refractivity contribution is 6.32. The fourth-order valence-corrected chi connectivity index (χ4v) is 5.64. The molecule has 0 saturated heterocycles. The number of rotatable bonds is 4. The van der Waals surface area contributed by atoms with Gasteiger partial charge in [0.2, 0.25) is 0 Å². The molecule has 0 bridgehead atoms. The molecule has 0 amide bonds. The summed E-state index contributed by atoms with van der Waals surface area (Å²) in [5.41, 5.74) is 8.08. The number of nitrogens with zero attached hydrogens (tertiary/aromatic N) is 1. The van der Waals surface area contributed by atoms with E-state index in [0.717, 1.165) is 38.9 Å². The van der Waals surface area contributed by atoms with Crippen molar-refractivity contribution in [2.24, 2.45) is 0 Å². The van der Waals surface area contributed by atoms with Gasteiger partial charge in [0.1, 0.15) is 5.75 Å². The van der Waals surface area contributed by atoms with Crippen LogP contribution in [0.15, 0.2) is 60.7 Å². The summed E-state index contributed by atoms with van der Waals surface area (Å²) in [6, 6.07) is 21.6. The van der Waals surface area contributed by atoms with Gasteiger partial charge in [0, 0.05) is 31.6 Å². The van der Waals surface area contributed by atoms with E-state index < -0.39 is 0 Å². The van der Waals surface area contributed by atoms with E-state index in [2.05, 4.69) is 65.8 Å². The van der Waals surface area contributed by atoms with Crippen LogP contribution in [0.1, 0.15) is 45.7 Å². The molecule has 1 aliphatic heterocycles. The second kappa shape index (κ2) is 8.66. The second-order valence-corrected chi connectivity index (χ2v) is 9.30. The summed E-state index contributed by atoms with van der Waals surface area (Å²) in [5, 5.41) is 14.5. The molecule has 3 aromatic rings. The molecule has 0 spiro atoms. The SMILES string of the molecule is CN1CCc2cc(Cl)c(O)cc2C2c3cccc(CNCc4ccccc4)c3CCC21. The summed E-state index contributed by atoms with van der Waals surface area (Å²) >= 11 is 6.27. The molecule has 2 N–H and O–H groups in total. The molecular weight excluding hydrogens is 404 g/mol. The van der Waals surface area contributed by atoms with Gasteiger partial charge in [-0.3, -0.25) is 0 Å². The topological polar surface area (TPSA) is 35.5 Å². The minimum absolute atomic E-state index is 0.191. The maximum absolute atomic E-state index is 10.4. The molecule has 160 valence electrons. The van der Waals surface area contributed by atoms with E-state index in [0.29, 0.717) is 11.1 Å². The highest BCUT2D eigenvalue weighted by Gasteiger charge is 2.37. The van der Waals surface area contributed by atoms with Crippen LogP contribution in [0.2, 0.25) is 5.02 Å². The van der Waals surface area contributed by atoms with Crippen LogP contribution in [-0.2, 0) is 25.9 Å². The summed E-state index contributed by atoms with van der Waals surface area (Å²) in [6.45, 7) is 2.75. The van der Waals surface area contributed by atoms with Crippen LogP contribution in [0.3, 0.4) is 0 Å². The number of phenolic OH excluding ortho intramolecular Hbond substituents is 1. The van der Waals surface area contributed by atoms with Crippen LogP contribution >= 0.6 is 11.6 Å². The summed E-state index contributed by atoms with van der Waals surface area (Å²) < 4.78 is 0. The molecule has 0 saturated carbocycles. The van der Waals surface area contributed by atoms with Gasteiger partial charge in [-0.05, 0) is 71.8 Å². The van der Waals surface area contributed by atoms with Crippen molar-refractivity contribution in [1.29, 1.82) is 0 Å². The smallest absolute Gasteiger partial charge is 0.134 e. The maximum atomic E-state index is 10.4. The largest absolute Gasteiger partial charge is 0.506 e. The van der Waals surface area contributed by atoms with Gasteiger partial charge in [-0.15, -0.1) is 0 Å². The fraction of sp³-hybridized carbons (Fsp3) is 0.333. The number of halogens is 1. The van der Waals surface area contributed by atoms with Gasteiger partial charge in [-0.2, -0.15) is 0 Å². The molecule has 2 atom stereocenters.